The molecule has 0 N–H and O–H groups in total. The Labute approximate surface area is 76.7 Å². The molecular formula is C3H6FNaO3S. The Hall–Kier alpha value is 0.580. The van der Waals surface area contributed by atoms with E-state index in [-0.39, 0.29) is 31.0 Å². The van der Waals surface area contributed by atoms with Crippen LogP contribution in [0.15, 0.2) is 12.7 Å². The normalized spacial score (nSPS) is 9.89. The smallest absolute Gasteiger partial charge is 1.00 e. The second-order valence-electron chi connectivity index (χ2n) is 1.08. The van der Waals surface area contributed by atoms with Gasteiger partial charge in [-0.3, -0.25) is 0 Å². The van der Waals surface area contributed by atoms with Gasteiger partial charge in [-0.2, -0.15) is 8.42 Å². The Morgan fingerprint density at radius 3 is 2.33 bits per heavy atom. The molecule has 0 amide bonds. The van der Waals surface area contributed by atoms with Crippen molar-refractivity contribution in [3.05, 3.63) is 12.7 Å². The molecule has 0 aromatic rings. The molecule has 0 saturated carbocycles. The second kappa shape index (κ2) is 5.37. The summed E-state index contributed by atoms with van der Waals surface area (Å²) in [5.74, 6) is -0.497. The van der Waals surface area contributed by atoms with E-state index in [0.29, 0.717) is 0 Å². The maximum absolute atomic E-state index is 10.8. The fraction of sp³-hybridized carbons (Fsp3) is 0.333. The molecule has 0 saturated heterocycles. The Kier molecular flexibility index (Phi) is 7.33. The summed E-state index contributed by atoms with van der Waals surface area (Å²) in [6, 6.07) is 0. The summed E-state index contributed by atoms with van der Waals surface area (Å²) in [4.78, 5) is 0. The molecule has 0 heterocycles. The first-order chi connectivity index (χ1) is 3.62. The predicted octanol–water partition coefficient (Wildman–Crippen LogP) is -2.48. The van der Waals surface area contributed by atoms with Crippen molar-refractivity contribution in [1.29, 1.82) is 0 Å². The zero-order chi connectivity index (χ0) is 6.62. The van der Waals surface area contributed by atoms with Crippen LogP contribution in [0.5, 0.6) is 0 Å². The molecule has 3 nitrogen and oxygen atoms in total. The van der Waals surface area contributed by atoms with E-state index in [9.17, 15) is 12.9 Å². The average molecular weight is 164 g/mol. The Morgan fingerprint density at radius 2 is 2.22 bits per heavy atom. The molecule has 0 spiro atoms. The molecule has 0 unspecified atom stereocenters. The third kappa shape index (κ3) is 6.47. The van der Waals surface area contributed by atoms with Crippen LogP contribution in [0.3, 0.4) is 0 Å². The van der Waals surface area contributed by atoms with Crippen molar-refractivity contribution in [3.8, 4) is 0 Å². The largest absolute Gasteiger partial charge is 1.00 e. The summed E-state index contributed by atoms with van der Waals surface area (Å²) >= 11 is 0. The molecule has 6 heteroatoms. The number of hydrogen-bond donors (Lipinski definition) is 0. The molecule has 0 aliphatic carbocycles. The van der Waals surface area contributed by atoms with E-state index in [1.807, 2.05) is 0 Å². The topological polar surface area (TPSA) is 43.4 Å². The van der Waals surface area contributed by atoms with Crippen molar-refractivity contribution in [3.63, 3.8) is 0 Å². The number of rotatable bonds is 3. The average Bonchev–Trinajstić information content (AvgIpc) is 1.67. The van der Waals surface area contributed by atoms with Gasteiger partial charge in [0, 0.05) is 0 Å². The van der Waals surface area contributed by atoms with Gasteiger partial charge in [0.05, 0.1) is 5.75 Å². The second-order valence-corrected chi connectivity index (χ2v) is 2.65. The molecule has 0 radical (unpaired) electrons. The number of halogens is 1. The molecule has 0 aromatic heterocycles. The maximum Gasteiger partial charge on any atom is 1.00 e. The molecule has 50 valence electrons. The fourth-order valence-electron chi connectivity index (χ4n) is 0.170. The molecule has 0 aliphatic rings. The first-order valence-electron chi connectivity index (χ1n) is 1.76. The summed E-state index contributed by atoms with van der Waals surface area (Å²) < 4.78 is 33.3. The van der Waals surface area contributed by atoms with E-state index in [1.165, 1.54) is 0 Å². The molecule has 0 rings (SSSR count). The molecular weight excluding hydrogens is 158 g/mol. The van der Waals surface area contributed by atoms with Crippen molar-refractivity contribution < 1.29 is 48.3 Å². The van der Waals surface area contributed by atoms with Gasteiger partial charge in [-0.05, 0) is 4.53 Å². The summed E-state index contributed by atoms with van der Waals surface area (Å²) in [5.41, 5.74) is 0. The van der Waals surface area contributed by atoms with Crippen LogP contribution in [-0.4, -0.2) is 14.2 Å². The van der Waals surface area contributed by atoms with Gasteiger partial charge in [0.1, 0.15) is 0 Å². The zero-order valence-electron chi connectivity index (χ0n) is 6.00. The summed E-state index contributed by atoms with van der Waals surface area (Å²) in [5, 5.41) is 0. The fourth-order valence-corrected chi connectivity index (χ4v) is 0.510. The molecule has 0 aliphatic heterocycles. The van der Waals surface area contributed by atoms with Gasteiger partial charge in [0.15, 0.2) is 0 Å². The van der Waals surface area contributed by atoms with Crippen LogP contribution in [-0.2, 0) is 14.5 Å². The van der Waals surface area contributed by atoms with Gasteiger partial charge in [-0.25, -0.2) is 0 Å². The van der Waals surface area contributed by atoms with Gasteiger partial charge < -0.3 is 1.43 Å². The summed E-state index contributed by atoms with van der Waals surface area (Å²) in [7, 11) is -3.95. The van der Waals surface area contributed by atoms with Crippen molar-refractivity contribution in [2.24, 2.45) is 0 Å². The first-order valence-corrected chi connectivity index (χ1v) is 3.34. The Bertz CT molecular complexity index is 169. The Morgan fingerprint density at radius 1 is 1.78 bits per heavy atom. The predicted molar refractivity (Wildman–Crippen MR) is 27.3 cm³/mol. The van der Waals surface area contributed by atoms with Crippen molar-refractivity contribution >= 4 is 10.1 Å². The molecule has 0 bridgehead atoms. The third-order valence-electron chi connectivity index (χ3n) is 0.418. The van der Waals surface area contributed by atoms with Gasteiger partial charge in [0.25, 0.3) is 0 Å². The minimum atomic E-state index is -3.95. The van der Waals surface area contributed by atoms with Gasteiger partial charge in [-0.15, -0.1) is 6.58 Å². The van der Waals surface area contributed by atoms with Crippen molar-refractivity contribution in [1.82, 2.24) is 0 Å². The first kappa shape index (κ1) is 12.3. The van der Waals surface area contributed by atoms with E-state index in [2.05, 4.69) is 11.0 Å². The number of hydrogen-bond acceptors (Lipinski definition) is 3. The third-order valence-corrected chi connectivity index (χ3v) is 1.25. The maximum atomic E-state index is 10.8. The van der Waals surface area contributed by atoms with Crippen molar-refractivity contribution in [2.75, 3.05) is 5.75 Å². The summed E-state index contributed by atoms with van der Waals surface area (Å²) in [6.07, 6.45) is 1.04. The SMILES string of the molecule is C=CCS(=O)(=O)OF.[H-].[Na+]. The van der Waals surface area contributed by atoms with E-state index < -0.39 is 15.9 Å². The van der Waals surface area contributed by atoms with Gasteiger partial charge in [0.2, 0.25) is 0 Å². The minimum absolute atomic E-state index is 0. The van der Waals surface area contributed by atoms with Crippen LogP contribution in [0.2, 0.25) is 0 Å². The van der Waals surface area contributed by atoms with Crippen LogP contribution >= 0.6 is 0 Å². The van der Waals surface area contributed by atoms with Crippen molar-refractivity contribution in [2.45, 2.75) is 0 Å². The summed E-state index contributed by atoms with van der Waals surface area (Å²) in [6.45, 7) is 3.07. The monoisotopic (exact) mass is 164 g/mol. The van der Waals surface area contributed by atoms with E-state index in [0.717, 1.165) is 6.08 Å². The van der Waals surface area contributed by atoms with E-state index >= 15 is 0 Å². The Balaban J connectivity index is -0.000000245. The van der Waals surface area contributed by atoms with Crippen LogP contribution in [0.25, 0.3) is 0 Å². The molecule has 9 heavy (non-hydrogen) atoms. The van der Waals surface area contributed by atoms with Gasteiger partial charge >= 0.3 is 39.7 Å². The van der Waals surface area contributed by atoms with Crippen LogP contribution < -0.4 is 29.6 Å². The zero-order valence-corrected chi connectivity index (χ0v) is 7.82. The van der Waals surface area contributed by atoms with Gasteiger partial charge in [-0.1, -0.05) is 10.5 Å². The molecule has 0 aromatic carbocycles. The van der Waals surface area contributed by atoms with Crippen LogP contribution in [0.1, 0.15) is 1.43 Å². The van der Waals surface area contributed by atoms with Crippen LogP contribution in [0, 0.1) is 0 Å². The quantitative estimate of drug-likeness (QED) is 0.342. The standard InChI is InChI=1S/C3H5FO3S.Na.H/c1-2-3-8(5,6)7-4;;/h2H,1,3H2;;/q;+1;-1. The molecule has 0 fully saturated rings. The van der Waals surface area contributed by atoms with Crippen LogP contribution in [0.4, 0.5) is 4.53 Å². The minimum Gasteiger partial charge on any atom is -1.00 e. The molecule has 0 atom stereocenters. The van der Waals surface area contributed by atoms with E-state index in [1.54, 1.807) is 0 Å². The van der Waals surface area contributed by atoms with E-state index in [4.69, 9.17) is 0 Å².